The molecule has 1 amide bonds. The van der Waals surface area contributed by atoms with Gasteiger partial charge in [0.15, 0.2) is 11.5 Å². The number of rotatable bonds is 6. The van der Waals surface area contributed by atoms with Crippen LogP contribution >= 0.6 is 0 Å². The number of carbonyl (C=O) groups excluding carboxylic acids is 1. The molecule has 0 spiro atoms. The van der Waals surface area contributed by atoms with Gasteiger partial charge in [0.25, 0.3) is 0 Å². The number of anilines is 1. The quantitative estimate of drug-likeness (QED) is 0.579. The third-order valence-corrected chi connectivity index (χ3v) is 6.54. The lowest BCUT2D eigenvalue weighted by molar-refractivity contribution is -0.121. The van der Waals surface area contributed by atoms with Gasteiger partial charge in [-0.3, -0.25) is 9.78 Å². The lowest BCUT2D eigenvalue weighted by atomic mass is 9.95. The van der Waals surface area contributed by atoms with Gasteiger partial charge in [-0.05, 0) is 67.9 Å². The maximum absolute atomic E-state index is 12.8. The molecule has 1 unspecified atom stereocenters. The molecule has 0 radical (unpaired) electrons. The summed E-state index contributed by atoms with van der Waals surface area (Å²) in [4.78, 5) is 19.4. The zero-order chi connectivity index (χ0) is 23.5. The Balaban J connectivity index is 1.17. The Morgan fingerprint density at radius 2 is 1.94 bits per heavy atom. The van der Waals surface area contributed by atoms with Crippen LogP contribution in [0.5, 0.6) is 17.2 Å². The van der Waals surface area contributed by atoms with Gasteiger partial charge in [0.05, 0.1) is 18.7 Å². The molecule has 3 aromatic rings. The predicted octanol–water partition coefficient (Wildman–Crippen LogP) is 3.40. The highest BCUT2D eigenvalue weighted by molar-refractivity contribution is 5.93. The van der Waals surface area contributed by atoms with Crippen LogP contribution in [-0.2, 0) is 4.79 Å². The Kier molecular flexibility index (Phi) is 6.51. The van der Waals surface area contributed by atoms with Crippen molar-refractivity contribution < 1.29 is 24.1 Å². The summed E-state index contributed by atoms with van der Waals surface area (Å²) < 4.78 is 16.5. The molecule has 1 fully saturated rings. The van der Waals surface area contributed by atoms with Crippen molar-refractivity contribution >= 4 is 22.5 Å². The Bertz CT molecular complexity index is 1180. The van der Waals surface area contributed by atoms with E-state index in [9.17, 15) is 9.90 Å². The van der Waals surface area contributed by atoms with E-state index >= 15 is 0 Å². The summed E-state index contributed by atoms with van der Waals surface area (Å²) in [6.07, 6.45) is 2.56. The number of nitrogens with one attached hydrogen (secondary N) is 1. The van der Waals surface area contributed by atoms with Crippen molar-refractivity contribution in [3.63, 3.8) is 0 Å². The van der Waals surface area contributed by atoms with Gasteiger partial charge in [-0.2, -0.15) is 0 Å². The molecule has 3 heterocycles. The number of hydrogen-bond acceptors (Lipinski definition) is 7. The van der Waals surface area contributed by atoms with Gasteiger partial charge in [0, 0.05) is 35.8 Å². The molecule has 5 rings (SSSR count). The number of methoxy groups -OCH3 is 1. The number of aliphatic hydroxyl groups excluding tert-OH is 1. The lowest BCUT2D eigenvalue weighted by Gasteiger charge is -2.32. The van der Waals surface area contributed by atoms with Gasteiger partial charge >= 0.3 is 0 Å². The second kappa shape index (κ2) is 9.87. The Labute approximate surface area is 198 Å². The number of benzene rings is 2. The number of pyridine rings is 1. The molecule has 1 aromatic heterocycles. The van der Waals surface area contributed by atoms with Crippen LogP contribution in [0.4, 0.5) is 5.69 Å². The topological polar surface area (TPSA) is 93.2 Å². The molecular weight excluding hydrogens is 434 g/mol. The van der Waals surface area contributed by atoms with E-state index in [1.165, 1.54) is 0 Å². The summed E-state index contributed by atoms with van der Waals surface area (Å²) in [5.41, 5.74) is 2.38. The summed E-state index contributed by atoms with van der Waals surface area (Å²) in [6, 6.07) is 13.0. The normalized spacial score (nSPS) is 17.4. The number of nitrogens with zero attached hydrogens (tertiary/aromatic N) is 2. The summed E-state index contributed by atoms with van der Waals surface area (Å²) in [5, 5.41) is 14.9. The number of amides is 1. The largest absolute Gasteiger partial charge is 0.497 e. The van der Waals surface area contributed by atoms with Gasteiger partial charge in [-0.1, -0.05) is 0 Å². The fourth-order valence-electron chi connectivity index (χ4n) is 4.65. The number of fused-ring (bicyclic) bond motifs is 2. The maximum Gasteiger partial charge on any atom is 0.227 e. The predicted molar refractivity (Wildman–Crippen MR) is 128 cm³/mol. The summed E-state index contributed by atoms with van der Waals surface area (Å²) in [7, 11) is 1.63. The fourth-order valence-corrected chi connectivity index (χ4v) is 4.65. The molecule has 8 heteroatoms. The van der Waals surface area contributed by atoms with Gasteiger partial charge in [0.2, 0.25) is 5.91 Å². The van der Waals surface area contributed by atoms with Gasteiger partial charge in [-0.25, -0.2) is 0 Å². The minimum Gasteiger partial charge on any atom is -0.497 e. The van der Waals surface area contributed by atoms with Crippen LogP contribution in [0.25, 0.3) is 10.9 Å². The van der Waals surface area contributed by atoms with Crippen LogP contribution in [0.3, 0.4) is 0 Å². The van der Waals surface area contributed by atoms with Crippen molar-refractivity contribution in [2.45, 2.75) is 18.9 Å². The maximum atomic E-state index is 12.8. The first-order chi connectivity index (χ1) is 16.6. The third kappa shape index (κ3) is 4.78. The first-order valence-corrected chi connectivity index (χ1v) is 11.6. The smallest absolute Gasteiger partial charge is 0.227 e. The number of piperidine rings is 1. The van der Waals surface area contributed by atoms with Crippen molar-refractivity contribution in [1.29, 1.82) is 0 Å². The Morgan fingerprint density at radius 1 is 1.15 bits per heavy atom. The van der Waals surface area contributed by atoms with Crippen LogP contribution in [0, 0.1) is 5.92 Å². The van der Waals surface area contributed by atoms with E-state index < -0.39 is 6.10 Å². The van der Waals surface area contributed by atoms with E-state index in [0.717, 1.165) is 48.1 Å². The molecule has 2 aliphatic rings. The van der Waals surface area contributed by atoms with Crippen molar-refractivity contribution in [2.24, 2.45) is 5.92 Å². The standard InChI is InChI=1S/C26H29N3O5/c1-32-19-3-4-22-21(15-19)20(6-9-27-22)23(30)16-29-10-7-17(8-11-29)26(31)28-18-2-5-24-25(14-18)34-13-12-33-24/h2-6,9,14-15,17,23,30H,7-8,10-13,16H2,1H3,(H,28,31). The molecule has 178 valence electrons. The number of carbonyl (C=O) groups is 1. The molecule has 0 saturated carbocycles. The number of aromatic nitrogens is 1. The SMILES string of the molecule is COc1ccc2nccc(C(O)CN3CCC(C(=O)Nc4ccc5c(c4)OCCO5)CC3)c2c1. The highest BCUT2D eigenvalue weighted by atomic mass is 16.6. The molecule has 2 N–H and O–H groups in total. The van der Waals surface area contributed by atoms with E-state index in [-0.39, 0.29) is 11.8 Å². The van der Waals surface area contributed by atoms with Crippen LogP contribution < -0.4 is 19.5 Å². The molecule has 2 aliphatic heterocycles. The summed E-state index contributed by atoms with van der Waals surface area (Å²) in [6.45, 7) is 3.06. The van der Waals surface area contributed by atoms with Crippen LogP contribution in [0.15, 0.2) is 48.7 Å². The lowest BCUT2D eigenvalue weighted by Crippen LogP contribution is -2.40. The van der Waals surface area contributed by atoms with Gasteiger partial charge in [-0.15, -0.1) is 0 Å². The van der Waals surface area contributed by atoms with E-state index in [0.29, 0.717) is 36.9 Å². The monoisotopic (exact) mass is 463 g/mol. The van der Waals surface area contributed by atoms with Crippen molar-refractivity contribution in [3.05, 3.63) is 54.2 Å². The fraction of sp³-hybridized carbons (Fsp3) is 0.385. The van der Waals surface area contributed by atoms with Crippen molar-refractivity contribution in [3.8, 4) is 17.2 Å². The van der Waals surface area contributed by atoms with Crippen molar-refractivity contribution in [1.82, 2.24) is 9.88 Å². The van der Waals surface area contributed by atoms with Crippen LogP contribution in [0.2, 0.25) is 0 Å². The van der Waals surface area contributed by atoms with Crippen LogP contribution in [0.1, 0.15) is 24.5 Å². The molecule has 8 nitrogen and oxygen atoms in total. The Hall–Kier alpha value is -3.36. The minimum atomic E-state index is -0.652. The van der Waals surface area contributed by atoms with E-state index in [4.69, 9.17) is 14.2 Å². The summed E-state index contributed by atoms with van der Waals surface area (Å²) >= 11 is 0. The van der Waals surface area contributed by atoms with Gasteiger partial charge in [0.1, 0.15) is 19.0 Å². The van der Waals surface area contributed by atoms with Crippen LogP contribution in [-0.4, -0.2) is 60.9 Å². The third-order valence-electron chi connectivity index (χ3n) is 6.54. The van der Waals surface area contributed by atoms with E-state index in [1.54, 1.807) is 13.3 Å². The molecule has 2 aromatic carbocycles. The number of β-amino-alcohol motifs (C(OH)–C–C–N with tert-alkyl or cyclic N) is 1. The first kappa shape index (κ1) is 22.4. The summed E-state index contributed by atoms with van der Waals surface area (Å²) in [5.74, 6) is 2.06. The molecule has 34 heavy (non-hydrogen) atoms. The average molecular weight is 464 g/mol. The zero-order valence-electron chi connectivity index (χ0n) is 19.2. The highest BCUT2D eigenvalue weighted by Gasteiger charge is 2.27. The molecule has 1 atom stereocenters. The molecular formula is C26H29N3O5. The highest BCUT2D eigenvalue weighted by Crippen LogP contribution is 2.33. The number of aliphatic hydroxyl groups is 1. The van der Waals surface area contributed by atoms with Gasteiger partial charge < -0.3 is 29.5 Å². The molecule has 0 bridgehead atoms. The second-order valence-corrected chi connectivity index (χ2v) is 8.72. The molecule has 0 aliphatic carbocycles. The minimum absolute atomic E-state index is 0.0177. The second-order valence-electron chi connectivity index (χ2n) is 8.72. The number of hydrogen-bond donors (Lipinski definition) is 2. The van der Waals surface area contributed by atoms with Crippen molar-refractivity contribution in [2.75, 3.05) is 45.3 Å². The van der Waals surface area contributed by atoms with E-state index in [1.807, 2.05) is 42.5 Å². The number of likely N-dealkylation sites (tertiary alicyclic amines) is 1. The Morgan fingerprint density at radius 3 is 2.74 bits per heavy atom. The average Bonchev–Trinajstić information content (AvgIpc) is 2.88. The first-order valence-electron chi connectivity index (χ1n) is 11.6. The zero-order valence-corrected chi connectivity index (χ0v) is 19.2. The van der Waals surface area contributed by atoms with E-state index in [2.05, 4.69) is 15.2 Å². The molecule has 1 saturated heterocycles. The number of ether oxygens (including phenoxy) is 3.